The van der Waals surface area contributed by atoms with Crippen LogP contribution >= 0.6 is 0 Å². The minimum atomic E-state index is 0.637. The third-order valence-corrected chi connectivity index (χ3v) is 17.5. The Morgan fingerprint density at radius 1 is 0.247 bits per heavy atom. The Kier molecular flexibility index (Phi) is 11.2. The lowest BCUT2D eigenvalue weighted by atomic mass is 9.97. The average Bonchev–Trinajstić information content (AvgIpc) is 2.47. The minimum absolute atomic E-state index is 0.637. The van der Waals surface area contributed by atoms with E-state index < -0.39 is 0 Å². The van der Waals surface area contributed by atoms with Crippen molar-refractivity contribution in [2.24, 2.45) is 0 Å². The number of aromatic nitrogens is 1. The highest BCUT2D eigenvalue weighted by molar-refractivity contribution is 6.24. The molecule has 0 bridgehead atoms. The minimum Gasteiger partial charge on any atom is -0.365 e. The van der Waals surface area contributed by atoms with Gasteiger partial charge in [0.05, 0.1) is 47.1 Å². The highest BCUT2D eigenvalue weighted by Crippen LogP contribution is 2.52. The van der Waals surface area contributed by atoms with Crippen molar-refractivity contribution in [1.29, 1.82) is 0 Å². The molecule has 0 saturated heterocycles. The third-order valence-electron chi connectivity index (χ3n) is 17.5. The van der Waals surface area contributed by atoms with Crippen molar-refractivity contribution in [3.05, 3.63) is 297 Å². The average molecular weight is 1090 g/mol. The van der Waals surface area contributed by atoms with Gasteiger partial charge in [0.25, 0.3) is 0 Å². The van der Waals surface area contributed by atoms with Gasteiger partial charge in [-0.2, -0.15) is 0 Å². The zero-order valence-electron chi connectivity index (χ0n) is 46.4. The highest BCUT2D eigenvalue weighted by Gasteiger charge is 2.30. The van der Waals surface area contributed by atoms with E-state index >= 15 is 0 Å². The van der Waals surface area contributed by atoms with E-state index in [1.165, 1.54) is 65.8 Å². The molecule has 3 heterocycles. The third kappa shape index (κ3) is 7.89. The molecular weight excluding hydrogens is 1030 g/mol. The number of nitrogens with one attached hydrogen (secondary N) is 2. The van der Waals surface area contributed by atoms with Gasteiger partial charge in [0, 0.05) is 83.5 Å². The van der Waals surface area contributed by atoms with Crippen LogP contribution in [0.15, 0.2) is 297 Å². The standard InChI is InChI=1S/C78H55N7/c1-5-21-54(22-6-1)83(55-23-7-2-8-24-55)59-41-43-73-71(48-59)72-49-60(84(56-25-9-3-10-26-56)57-27-11-4-12-28-57)42-44-74(72)85(73)58-39-37-52(38-40-58)53-45-61(81-50-79-75-67-33-17-13-29-63(67)65-31-15-19-35-69(65)77(75)81)47-62(46-53)82-51-80-76-68-34-18-14-30-64(68)66-32-16-20-36-70(66)78(76)82/h1-49,79-80H,50-51H2. The summed E-state index contributed by atoms with van der Waals surface area (Å²) < 4.78 is 2.44. The van der Waals surface area contributed by atoms with Gasteiger partial charge in [-0.3, -0.25) is 0 Å². The van der Waals surface area contributed by atoms with Crippen LogP contribution in [0.5, 0.6) is 0 Å². The number of hydrogen-bond donors (Lipinski definition) is 2. The molecule has 0 saturated carbocycles. The van der Waals surface area contributed by atoms with Crippen molar-refractivity contribution in [2.45, 2.75) is 0 Å². The number of rotatable bonds is 10. The molecule has 7 nitrogen and oxygen atoms in total. The molecule has 15 aromatic rings. The lowest BCUT2D eigenvalue weighted by Crippen LogP contribution is -2.19. The van der Waals surface area contributed by atoms with Gasteiger partial charge in [0.2, 0.25) is 0 Å². The van der Waals surface area contributed by atoms with Crippen molar-refractivity contribution >= 4 is 133 Å². The highest BCUT2D eigenvalue weighted by atomic mass is 15.3. The second-order valence-electron chi connectivity index (χ2n) is 22.2. The van der Waals surface area contributed by atoms with Gasteiger partial charge in [-0.05, 0) is 148 Å². The van der Waals surface area contributed by atoms with E-state index in [0.717, 1.165) is 84.1 Å². The van der Waals surface area contributed by atoms with Gasteiger partial charge >= 0.3 is 0 Å². The summed E-state index contributed by atoms with van der Waals surface area (Å²) in [5.41, 5.74) is 19.1. The van der Waals surface area contributed by atoms with Crippen LogP contribution in [0.25, 0.3) is 81.7 Å². The molecule has 0 spiro atoms. The van der Waals surface area contributed by atoms with Crippen molar-refractivity contribution in [3.63, 3.8) is 0 Å². The molecule has 85 heavy (non-hydrogen) atoms. The molecule has 0 fully saturated rings. The maximum Gasteiger partial charge on any atom is 0.0927 e. The first kappa shape index (κ1) is 48.4. The molecule has 0 unspecified atom stereocenters. The van der Waals surface area contributed by atoms with Crippen molar-refractivity contribution in [2.75, 3.05) is 43.6 Å². The molecule has 7 heteroatoms. The number of nitrogens with zero attached hydrogens (tertiary/aromatic N) is 5. The normalized spacial score (nSPS) is 12.8. The molecule has 0 amide bonds. The van der Waals surface area contributed by atoms with Gasteiger partial charge in [0.15, 0.2) is 0 Å². The Hall–Kier alpha value is -11.3. The Labute approximate surface area is 492 Å². The molecule has 0 atom stereocenters. The molecular formula is C78H55N7. The maximum atomic E-state index is 3.89. The van der Waals surface area contributed by atoms with Crippen LogP contribution in [0.1, 0.15) is 0 Å². The molecule has 17 rings (SSSR count). The van der Waals surface area contributed by atoms with Crippen LogP contribution in [0.3, 0.4) is 0 Å². The zero-order valence-corrected chi connectivity index (χ0v) is 46.4. The molecule has 0 aliphatic carbocycles. The summed E-state index contributed by atoms with van der Waals surface area (Å²) in [5, 5.41) is 20.0. The van der Waals surface area contributed by atoms with Crippen molar-refractivity contribution < 1.29 is 0 Å². The van der Waals surface area contributed by atoms with Crippen molar-refractivity contribution in [3.8, 4) is 16.8 Å². The predicted octanol–water partition coefficient (Wildman–Crippen LogP) is 21.0. The van der Waals surface area contributed by atoms with E-state index in [1.54, 1.807) is 0 Å². The first-order valence-electron chi connectivity index (χ1n) is 29.2. The van der Waals surface area contributed by atoms with E-state index in [1.807, 2.05) is 0 Å². The molecule has 402 valence electrons. The van der Waals surface area contributed by atoms with Gasteiger partial charge in [0.1, 0.15) is 0 Å². The molecule has 1 aromatic heterocycles. The topological polar surface area (TPSA) is 42.0 Å². The second kappa shape index (κ2) is 19.7. The Morgan fingerprint density at radius 3 is 0.976 bits per heavy atom. The summed E-state index contributed by atoms with van der Waals surface area (Å²) >= 11 is 0. The molecule has 2 aliphatic rings. The van der Waals surface area contributed by atoms with E-state index in [9.17, 15) is 0 Å². The maximum absolute atomic E-state index is 3.89. The summed E-state index contributed by atoms with van der Waals surface area (Å²) in [7, 11) is 0. The summed E-state index contributed by atoms with van der Waals surface area (Å²) in [6.45, 7) is 1.27. The summed E-state index contributed by atoms with van der Waals surface area (Å²) in [5.74, 6) is 0. The van der Waals surface area contributed by atoms with Crippen LogP contribution in [-0.4, -0.2) is 17.9 Å². The van der Waals surface area contributed by atoms with Crippen LogP contribution in [0.4, 0.5) is 68.2 Å². The summed E-state index contributed by atoms with van der Waals surface area (Å²) in [6.07, 6.45) is 0. The largest absolute Gasteiger partial charge is 0.365 e. The van der Waals surface area contributed by atoms with Crippen LogP contribution in [0, 0.1) is 0 Å². The van der Waals surface area contributed by atoms with Gasteiger partial charge in [-0.15, -0.1) is 0 Å². The summed E-state index contributed by atoms with van der Waals surface area (Å²) in [6, 6.07) is 108. The molecule has 2 aliphatic heterocycles. The lowest BCUT2D eigenvalue weighted by molar-refractivity contribution is 1.08. The number of fused-ring (bicyclic) bond motifs is 15. The first-order chi connectivity index (χ1) is 42.2. The Morgan fingerprint density at radius 2 is 0.588 bits per heavy atom. The fourth-order valence-electron chi connectivity index (χ4n) is 13.7. The van der Waals surface area contributed by atoms with Gasteiger partial charge < -0.3 is 34.8 Å². The molecule has 2 N–H and O–H groups in total. The van der Waals surface area contributed by atoms with E-state index in [-0.39, 0.29) is 0 Å². The monoisotopic (exact) mass is 1090 g/mol. The number of hydrogen-bond acceptors (Lipinski definition) is 6. The zero-order chi connectivity index (χ0) is 56.0. The lowest BCUT2D eigenvalue weighted by Gasteiger charge is -2.26. The predicted molar refractivity (Wildman–Crippen MR) is 360 cm³/mol. The van der Waals surface area contributed by atoms with Crippen LogP contribution < -0.4 is 30.2 Å². The number of para-hydroxylation sites is 4. The fourth-order valence-corrected chi connectivity index (χ4v) is 13.7. The Bertz CT molecular complexity index is 4710. The first-order valence-corrected chi connectivity index (χ1v) is 29.2. The van der Waals surface area contributed by atoms with Crippen LogP contribution in [0.2, 0.25) is 0 Å². The fraction of sp³-hybridized carbons (Fsp3) is 0.0256. The smallest absolute Gasteiger partial charge is 0.0927 e. The molecule has 0 radical (unpaired) electrons. The number of anilines is 12. The SMILES string of the molecule is c1ccc(N(c2ccccc2)c2ccc3c(c2)c2cc(N(c4ccccc4)c4ccccc4)ccc2n3-c2ccc(-c3cc(N4CNc5c4c4ccccc4c4ccccc54)cc(N4CNc5c4c4ccccc4c4ccccc54)c3)cc2)cc1. The van der Waals surface area contributed by atoms with Gasteiger partial charge in [-0.25, -0.2) is 0 Å². The van der Waals surface area contributed by atoms with E-state index in [2.05, 4.69) is 332 Å². The van der Waals surface area contributed by atoms with Crippen LogP contribution in [-0.2, 0) is 0 Å². The van der Waals surface area contributed by atoms with E-state index in [0.29, 0.717) is 13.3 Å². The summed E-state index contributed by atoms with van der Waals surface area (Å²) in [4.78, 5) is 9.69. The van der Waals surface area contributed by atoms with E-state index in [4.69, 9.17) is 0 Å². The van der Waals surface area contributed by atoms with Crippen molar-refractivity contribution in [1.82, 2.24) is 4.57 Å². The second-order valence-corrected chi connectivity index (χ2v) is 22.2. The molecule has 14 aromatic carbocycles. The van der Waals surface area contributed by atoms with Gasteiger partial charge in [-0.1, -0.05) is 182 Å². The number of benzene rings is 14. The quantitative estimate of drug-likeness (QED) is 0.133. The Balaban J connectivity index is 0.844.